The minimum Gasteiger partial charge on any atom is -0.493 e. The van der Waals surface area contributed by atoms with Gasteiger partial charge in [0.2, 0.25) is 5.91 Å². The van der Waals surface area contributed by atoms with Gasteiger partial charge in [0.1, 0.15) is 5.75 Å². The number of benzene rings is 1. The fraction of sp³-hybridized carbons (Fsp3) is 0.556. The van der Waals surface area contributed by atoms with Crippen molar-refractivity contribution < 1.29 is 14.3 Å². The molecule has 0 unspecified atom stereocenters. The zero-order valence-corrected chi connectivity index (χ0v) is 17.0. The Bertz CT molecular complexity index is 595. The number of amides is 2. The highest BCUT2D eigenvalue weighted by Crippen LogP contribution is 2.20. The van der Waals surface area contributed by atoms with Crippen LogP contribution < -0.4 is 10.5 Å². The molecule has 1 fully saturated rings. The monoisotopic (exact) mass is 401 g/mol. The summed E-state index contributed by atoms with van der Waals surface area (Å²) in [5, 5.41) is 0. The van der Waals surface area contributed by atoms with E-state index in [-0.39, 0.29) is 24.2 Å². The minimum atomic E-state index is -0.451. The number of piperazine rings is 1. The van der Waals surface area contributed by atoms with Gasteiger partial charge in [0.05, 0.1) is 18.2 Å². The number of ether oxygens (including phenoxy) is 1. The van der Waals surface area contributed by atoms with E-state index in [2.05, 4.69) is 0 Å². The lowest BCUT2D eigenvalue weighted by Gasteiger charge is -2.36. The van der Waals surface area contributed by atoms with Crippen molar-refractivity contribution in [3.05, 3.63) is 29.8 Å². The molecule has 1 atom stereocenters. The molecule has 0 radical (unpaired) electrons. The van der Waals surface area contributed by atoms with E-state index in [0.717, 1.165) is 5.75 Å². The van der Waals surface area contributed by atoms with Crippen LogP contribution in [-0.2, 0) is 4.79 Å². The molecule has 1 saturated heterocycles. The molecular formula is C18H28ClN3O3S. The lowest BCUT2D eigenvalue weighted by molar-refractivity contribution is -0.134. The summed E-state index contributed by atoms with van der Waals surface area (Å²) in [6.45, 7) is 4.48. The second-order valence-electron chi connectivity index (χ2n) is 5.93. The molecule has 0 aromatic heterocycles. The van der Waals surface area contributed by atoms with Crippen molar-refractivity contribution in [2.75, 3.05) is 44.8 Å². The zero-order valence-electron chi connectivity index (χ0n) is 15.3. The van der Waals surface area contributed by atoms with Gasteiger partial charge < -0.3 is 20.3 Å². The number of hydrogen-bond donors (Lipinski definition) is 1. The molecule has 2 N–H and O–H groups in total. The molecular weight excluding hydrogens is 374 g/mol. The van der Waals surface area contributed by atoms with Gasteiger partial charge in [0.15, 0.2) is 0 Å². The van der Waals surface area contributed by atoms with E-state index in [9.17, 15) is 9.59 Å². The molecule has 2 amide bonds. The van der Waals surface area contributed by atoms with Gasteiger partial charge in [0.25, 0.3) is 5.91 Å². The molecule has 26 heavy (non-hydrogen) atoms. The van der Waals surface area contributed by atoms with Crippen LogP contribution in [0, 0.1) is 0 Å². The van der Waals surface area contributed by atoms with Crippen LogP contribution in [0.1, 0.15) is 23.7 Å². The van der Waals surface area contributed by atoms with Crippen molar-refractivity contribution in [1.82, 2.24) is 9.80 Å². The maximum atomic E-state index is 12.8. The van der Waals surface area contributed by atoms with Gasteiger partial charge in [-0.3, -0.25) is 9.59 Å². The number of thioether (sulfide) groups is 1. The molecule has 0 saturated carbocycles. The van der Waals surface area contributed by atoms with Crippen LogP contribution >= 0.6 is 24.2 Å². The van der Waals surface area contributed by atoms with Gasteiger partial charge in [-0.05, 0) is 37.5 Å². The average molecular weight is 402 g/mol. The normalized spacial score (nSPS) is 15.2. The summed E-state index contributed by atoms with van der Waals surface area (Å²) in [6.07, 6.45) is 2.68. The number of hydrogen-bond acceptors (Lipinski definition) is 5. The minimum absolute atomic E-state index is 0. The van der Waals surface area contributed by atoms with E-state index in [1.807, 2.05) is 25.3 Å². The maximum absolute atomic E-state index is 12.8. The molecule has 1 aliphatic rings. The van der Waals surface area contributed by atoms with E-state index in [1.165, 1.54) is 0 Å². The van der Waals surface area contributed by atoms with Crippen LogP contribution in [0.5, 0.6) is 5.75 Å². The molecule has 0 spiro atoms. The second-order valence-corrected chi connectivity index (χ2v) is 6.92. The first-order valence-corrected chi connectivity index (χ1v) is 10.0. The smallest absolute Gasteiger partial charge is 0.257 e. The first kappa shape index (κ1) is 22.6. The Labute approximate surface area is 165 Å². The Morgan fingerprint density at radius 2 is 1.81 bits per heavy atom. The summed E-state index contributed by atoms with van der Waals surface area (Å²) < 4.78 is 5.55. The fourth-order valence-corrected chi connectivity index (χ4v) is 3.32. The van der Waals surface area contributed by atoms with Gasteiger partial charge in [0, 0.05) is 26.2 Å². The van der Waals surface area contributed by atoms with Crippen LogP contribution in [-0.4, -0.2) is 72.5 Å². The largest absolute Gasteiger partial charge is 0.493 e. The van der Waals surface area contributed by atoms with Crippen LogP contribution in [0.15, 0.2) is 24.3 Å². The van der Waals surface area contributed by atoms with E-state index in [4.69, 9.17) is 10.5 Å². The second kappa shape index (κ2) is 11.3. The predicted octanol–water partition coefficient (Wildman–Crippen LogP) is 1.87. The van der Waals surface area contributed by atoms with E-state index in [1.54, 1.807) is 33.7 Å². The highest BCUT2D eigenvalue weighted by atomic mass is 35.5. The number of nitrogens with zero attached hydrogens (tertiary/aromatic N) is 2. The molecule has 8 heteroatoms. The highest BCUT2D eigenvalue weighted by molar-refractivity contribution is 7.98. The number of carbonyl (C=O) groups is 2. The molecule has 0 bridgehead atoms. The third-order valence-electron chi connectivity index (χ3n) is 4.25. The molecule has 0 aliphatic carbocycles. The topological polar surface area (TPSA) is 75.9 Å². The summed E-state index contributed by atoms with van der Waals surface area (Å²) >= 11 is 1.69. The summed E-state index contributed by atoms with van der Waals surface area (Å²) in [7, 11) is 0. The SMILES string of the molecule is CCOc1ccccc1C(=O)N1CCN(C(=O)[C@@H](N)CCSC)CC1.Cl. The Kier molecular flexibility index (Phi) is 9.83. The van der Waals surface area contributed by atoms with E-state index < -0.39 is 6.04 Å². The third-order valence-corrected chi connectivity index (χ3v) is 4.89. The maximum Gasteiger partial charge on any atom is 0.257 e. The number of carbonyl (C=O) groups excluding carboxylic acids is 2. The Hall–Kier alpha value is -1.44. The molecule has 1 aliphatic heterocycles. The molecule has 1 heterocycles. The van der Waals surface area contributed by atoms with Crippen molar-refractivity contribution >= 4 is 36.0 Å². The summed E-state index contributed by atoms with van der Waals surface area (Å²) in [6, 6.07) is 6.83. The zero-order chi connectivity index (χ0) is 18.2. The van der Waals surface area contributed by atoms with Gasteiger partial charge in [-0.1, -0.05) is 12.1 Å². The molecule has 2 rings (SSSR count). The summed E-state index contributed by atoms with van der Waals surface area (Å²) in [4.78, 5) is 28.7. The molecule has 1 aromatic carbocycles. The van der Waals surface area contributed by atoms with Gasteiger partial charge >= 0.3 is 0 Å². The van der Waals surface area contributed by atoms with Crippen molar-refractivity contribution in [3.8, 4) is 5.75 Å². The van der Waals surface area contributed by atoms with Crippen molar-refractivity contribution in [2.24, 2.45) is 5.73 Å². The van der Waals surface area contributed by atoms with Crippen LogP contribution in [0.2, 0.25) is 0 Å². The van der Waals surface area contributed by atoms with E-state index >= 15 is 0 Å². The Morgan fingerprint density at radius 3 is 2.42 bits per heavy atom. The number of halogens is 1. The van der Waals surface area contributed by atoms with Crippen LogP contribution in [0.25, 0.3) is 0 Å². The van der Waals surface area contributed by atoms with Crippen LogP contribution in [0.4, 0.5) is 0 Å². The first-order valence-electron chi connectivity index (χ1n) is 8.62. The Balaban J connectivity index is 0.00000338. The van der Waals surface area contributed by atoms with Crippen molar-refractivity contribution in [2.45, 2.75) is 19.4 Å². The quantitative estimate of drug-likeness (QED) is 0.754. The Morgan fingerprint density at radius 1 is 1.19 bits per heavy atom. The molecule has 6 nitrogen and oxygen atoms in total. The predicted molar refractivity (Wildman–Crippen MR) is 108 cm³/mol. The van der Waals surface area contributed by atoms with Crippen molar-refractivity contribution in [1.29, 1.82) is 0 Å². The van der Waals surface area contributed by atoms with E-state index in [0.29, 0.717) is 50.5 Å². The third kappa shape index (κ3) is 5.79. The average Bonchev–Trinajstić information content (AvgIpc) is 2.65. The van der Waals surface area contributed by atoms with Gasteiger partial charge in [-0.25, -0.2) is 0 Å². The number of para-hydroxylation sites is 1. The highest BCUT2D eigenvalue weighted by Gasteiger charge is 2.28. The van der Waals surface area contributed by atoms with Crippen molar-refractivity contribution in [3.63, 3.8) is 0 Å². The molecule has 1 aromatic rings. The summed E-state index contributed by atoms with van der Waals surface area (Å²) in [5.74, 6) is 1.41. The van der Waals surface area contributed by atoms with Crippen LogP contribution in [0.3, 0.4) is 0 Å². The van der Waals surface area contributed by atoms with Gasteiger partial charge in [-0.15, -0.1) is 12.4 Å². The fourth-order valence-electron chi connectivity index (χ4n) is 2.83. The number of nitrogens with two attached hydrogens (primary N) is 1. The van der Waals surface area contributed by atoms with Gasteiger partial charge in [-0.2, -0.15) is 11.8 Å². The standard InChI is InChI=1S/C18H27N3O3S.ClH/c1-3-24-16-7-5-4-6-14(16)17(22)20-9-11-21(12-10-20)18(23)15(19)8-13-25-2;/h4-7,15H,3,8-13,19H2,1-2H3;1H/t15-;/m0./s1. The first-order chi connectivity index (χ1) is 12.1. The lowest BCUT2D eigenvalue weighted by Crippen LogP contribution is -2.54. The lowest BCUT2D eigenvalue weighted by atomic mass is 10.1. The summed E-state index contributed by atoms with van der Waals surface area (Å²) in [5.41, 5.74) is 6.54. The molecule has 146 valence electrons. The number of rotatable bonds is 7.